The van der Waals surface area contributed by atoms with Crippen LogP contribution in [0.1, 0.15) is 0 Å². The Balaban J connectivity index is 2.45. The Morgan fingerprint density at radius 3 is 2.38 bits per heavy atom. The Labute approximate surface area is 93.1 Å². The molecule has 2 N–H and O–H groups in total. The van der Waals surface area contributed by atoms with Crippen molar-refractivity contribution in [3.63, 3.8) is 0 Å². The minimum absolute atomic E-state index is 0.254. The Bertz CT molecular complexity index is 475. The van der Waals surface area contributed by atoms with E-state index in [0.717, 1.165) is 17.3 Å². The van der Waals surface area contributed by atoms with Crippen molar-refractivity contribution >= 4 is 11.6 Å². The van der Waals surface area contributed by atoms with Gasteiger partial charge in [0, 0.05) is 20.2 Å². The number of hydrogen-bond donors (Lipinski definition) is 2. The maximum atomic E-state index is 12.8. The Morgan fingerprint density at radius 1 is 1.12 bits per heavy atom. The number of rotatable bonds is 3. The molecule has 0 aliphatic heterocycles. The predicted octanol–water partition coefficient (Wildman–Crippen LogP) is 2.09. The van der Waals surface area contributed by atoms with Crippen LogP contribution in [-0.2, 0) is 0 Å². The third kappa shape index (κ3) is 1.84. The van der Waals surface area contributed by atoms with E-state index in [1.165, 1.54) is 12.1 Å². The van der Waals surface area contributed by atoms with Gasteiger partial charge in [0.05, 0.1) is 5.69 Å². The highest BCUT2D eigenvalue weighted by Crippen LogP contribution is 2.19. The van der Waals surface area contributed by atoms with Crippen LogP contribution in [0.3, 0.4) is 0 Å². The lowest BCUT2D eigenvalue weighted by Gasteiger charge is -2.05. The van der Waals surface area contributed by atoms with Gasteiger partial charge in [-0.2, -0.15) is 0 Å². The van der Waals surface area contributed by atoms with Crippen molar-refractivity contribution in [3.8, 4) is 5.69 Å². The lowest BCUT2D eigenvalue weighted by molar-refractivity contribution is 0.627. The fourth-order valence-electron chi connectivity index (χ4n) is 1.46. The minimum Gasteiger partial charge on any atom is -0.373 e. The predicted molar refractivity (Wildman–Crippen MR) is 62.6 cm³/mol. The molecule has 2 rings (SSSR count). The first-order valence-corrected chi connectivity index (χ1v) is 4.96. The van der Waals surface area contributed by atoms with Gasteiger partial charge in [0.1, 0.15) is 17.5 Å². The van der Waals surface area contributed by atoms with Crippen molar-refractivity contribution in [2.75, 3.05) is 24.7 Å². The number of hydrogen-bond acceptors (Lipinski definition) is 3. The molecule has 84 valence electrons. The number of nitrogens with one attached hydrogen (secondary N) is 2. The van der Waals surface area contributed by atoms with Crippen molar-refractivity contribution in [1.82, 2.24) is 9.78 Å². The third-order valence-corrected chi connectivity index (χ3v) is 2.29. The van der Waals surface area contributed by atoms with Gasteiger partial charge >= 0.3 is 0 Å². The van der Waals surface area contributed by atoms with Gasteiger partial charge in [0.2, 0.25) is 0 Å². The van der Waals surface area contributed by atoms with Gasteiger partial charge in [0.15, 0.2) is 0 Å². The highest BCUT2D eigenvalue weighted by atomic mass is 19.1. The van der Waals surface area contributed by atoms with Crippen molar-refractivity contribution < 1.29 is 4.39 Å². The number of benzene rings is 1. The van der Waals surface area contributed by atoms with Crippen molar-refractivity contribution in [1.29, 1.82) is 0 Å². The first-order valence-electron chi connectivity index (χ1n) is 4.96. The lowest BCUT2D eigenvalue weighted by Crippen LogP contribution is -2.02. The van der Waals surface area contributed by atoms with Gasteiger partial charge in [-0.15, -0.1) is 5.10 Å². The minimum atomic E-state index is -0.254. The molecule has 1 heterocycles. The molecule has 0 unspecified atom stereocenters. The summed E-state index contributed by atoms with van der Waals surface area (Å²) in [7, 11) is 3.62. The molecule has 0 atom stereocenters. The second-order valence-electron chi connectivity index (χ2n) is 3.30. The molecular weight excluding hydrogens is 207 g/mol. The Morgan fingerprint density at radius 2 is 1.81 bits per heavy atom. The maximum Gasteiger partial charge on any atom is 0.150 e. The zero-order valence-corrected chi connectivity index (χ0v) is 9.16. The molecule has 0 spiro atoms. The Hall–Kier alpha value is -2.04. The van der Waals surface area contributed by atoms with E-state index in [-0.39, 0.29) is 5.82 Å². The molecule has 0 fully saturated rings. The zero-order chi connectivity index (χ0) is 11.5. The Kier molecular flexibility index (Phi) is 2.76. The molecular formula is C11H13FN4. The number of anilines is 2. The molecule has 1 aromatic heterocycles. The standard InChI is InChI=1S/C11H13FN4/c1-13-10-7-11(14-2)16(15-10)9-5-3-8(12)4-6-9/h3-7,14H,1-2H3,(H,13,15). The summed E-state index contributed by atoms with van der Waals surface area (Å²) in [4.78, 5) is 0. The summed E-state index contributed by atoms with van der Waals surface area (Å²) in [6.45, 7) is 0. The lowest BCUT2D eigenvalue weighted by atomic mass is 10.3. The fourth-order valence-corrected chi connectivity index (χ4v) is 1.46. The first kappa shape index (κ1) is 10.5. The van der Waals surface area contributed by atoms with Crippen LogP contribution in [0.25, 0.3) is 5.69 Å². The quantitative estimate of drug-likeness (QED) is 0.832. The van der Waals surface area contributed by atoms with E-state index in [2.05, 4.69) is 15.7 Å². The van der Waals surface area contributed by atoms with Crippen LogP contribution < -0.4 is 10.6 Å². The summed E-state index contributed by atoms with van der Waals surface area (Å²) in [6, 6.07) is 8.07. The molecule has 4 nitrogen and oxygen atoms in total. The molecule has 0 radical (unpaired) electrons. The van der Waals surface area contributed by atoms with E-state index in [9.17, 15) is 4.39 Å². The van der Waals surface area contributed by atoms with Crippen LogP contribution >= 0.6 is 0 Å². The van der Waals surface area contributed by atoms with E-state index >= 15 is 0 Å². The smallest absolute Gasteiger partial charge is 0.150 e. The molecule has 0 saturated heterocycles. The molecule has 1 aromatic carbocycles. The van der Waals surface area contributed by atoms with Crippen LogP contribution in [0.15, 0.2) is 30.3 Å². The van der Waals surface area contributed by atoms with Crippen LogP contribution in [-0.4, -0.2) is 23.9 Å². The largest absolute Gasteiger partial charge is 0.373 e. The van der Waals surface area contributed by atoms with Crippen LogP contribution in [0.2, 0.25) is 0 Å². The van der Waals surface area contributed by atoms with Gasteiger partial charge in [-0.1, -0.05) is 0 Å². The fraction of sp³-hybridized carbons (Fsp3) is 0.182. The van der Waals surface area contributed by atoms with Crippen LogP contribution in [0.4, 0.5) is 16.0 Å². The second kappa shape index (κ2) is 4.22. The summed E-state index contributed by atoms with van der Waals surface area (Å²) in [5.41, 5.74) is 0.812. The van der Waals surface area contributed by atoms with Crippen molar-refractivity contribution in [2.45, 2.75) is 0 Å². The van der Waals surface area contributed by atoms with Crippen LogP contribution in [0.5, 0.6) is 0 Å². The van der Waals surface area contributed by atoms with Crippen molar-refractivity contribution in [3.05, 3.63) is 36.1 Å². The maximum absolute atomic E-state index is 12.8. The average molecular weight is 220 g/mol. The van der Waals surface area contributed by atoms with Gasteiger partial charge in [-0.25, -0.2) is 9.07 Å². The van der Waals surface area contributed by atoms with Gasteiger partial charge in [-0.05, 0) is 24.3 Å². The SMILES string of the molecule is CNc1cc(NC)n(-c2ccc(F)cc2)n1. The van der Waals surface area contributed by atoms with Crippen LogP contribution in [0, 0.1) is 5.82 Å². The molecule has 16 heavy (non-hydrogen) atoms. The highest BCUT2D eigenvalue weighted by molar-refractivity contribution is 5.53. The summed E-state index contributed by atoms with van der Waals surface area (Å²) in [5, 5.41) is 10.3. The normalized spacial score (nSPS) is 10.2. The molecule has 0 saturated carbocycles. The topological polar surface area (TPSA) is 41.9 Å². The molecule has 0 aliphatic carbocycles. The van der Waals surface area contributed by atoms with E-state index in [1.54, 1.807) is 23.9 Å². The molecule has 0 amide bonds. The second-order valence-corrected chi connectivity index (χ2v) is 3.30. The molecule has 2 aromatic rings. The van der Waals surface area contributed by atoms with Crippen molar-refractivity contribution in [2.24, 2.45) is 0 Å². The van der Waals surface area contributed by atoms with Gasteiger partial charge in [0.25, 0.3) is 0 Å². The van der Waals surface area contributed by atoms with Gasteiger partial charge < -0.3 is 10.6 Å². The first-order chi connectivity index (χ1) is 7.74. The summed E-state index contributed by atoms with van der Waals surface area (Å²) in [6.07, 6.45) is 0. The number of halogens is 1. The summed E-state index contributed by atoms with van der Waals surface area (Å²) < 4.78 is 14.5. The molecule has 0 aliphatic rings. The average Bonchev–Trinajstić information content (AvgIpc) is 2.73. The third-order valence-electron chi connectivity index (χ3n) is 2.29. The number of aromatic nitrogens is 2. The van der Waals surface area contributed by atoms with E-state index in [0.29, 0.717) is 0 Å². The monoisotopic (exact) mass is 220 g/mol. The molecule has 0 bridgehead atoms. The summed E-state index contributed by atoms with van der Waals surface area (Å²) in [5.74, 6) is 1.35. The summed E-state index contributed by atoms with van der Waals surface area (Å²) >= 11 is 0. The van der Waals surface area contributed by atoms with E-state index < -0.39 is 0 Å². The zero-order valence-electron chi connectivity index (χ0n) is 9.16. The highest BCUT2D eigenvalue weighted by Gasteiger charge is 2.07. The van der Waals surface area contributed by atoms with E-state index in [1.807, 2.05) is 13.1 Å². The van der Waals surface area contributed by atoms with E-state index in [4.69, 9.17) is 0 Å². The number of nitrogens with zero attached hydrogens (tertiary/aromatic N) is 2. The molecule has 5 heteroatoms. The van der Waals surface area contributed by atoms with Gasteiger partial charge in [-0.3, -0.25) is 0 Å².